The van der Waals surface area contributed by atoms with Crippen LogP contribution in [0.4, 0.5) is 0 Å². The molecule has 0 radical (unpaired) electrons. The maximum absolute atomic E-state index is 12.6. The molecule has 2 heterocycles. The molecule has 1 aromatic heterocycles. The summed E-state index contributed by atoms with van der Waals surface area (Å²) in [4.78, 5) is 14.6. The van der Waals surface area contributed by atoms with Crippen LogP contribution in [0.2, 0.25) is 0 Å². The van der Waals surface area contributed by atoms with Crippen molar-refractivity contribution >= 4 is 17.7 Å². The van der Waals surface area contributed by atoms with E-state index in [0.29, 0.717) is 11.1 Å². The quantitative estimate of drug-likeness (QED) is 0.764. The number of carbonyl (C=O) groups is 1. The normalized spacial score (nSPS) is 16.5. The van der Waals surface area contributed by atoms with Crippen LogP contribution in [-0.2, 0) is 4.79 Å². The number of aryl methyl sites for hydroxylation is 2. The van der Waals surface area contributed by atoms with Crippen molar-refractivity contribution in [2.45, 2.75) is 56.9 Å². The highest BCUT2D eigenvalue weighted by molar-refractivity contribution is 8.00. The Kier molecular flexibility index (Phi) is 5.78. The number of hydrogen-bond donors (Lipinski definition) is 0. The van der Waals surface area contributed by atoms with Gasteiger partial charge in [0, 0.05) is 18.7 Å². The zero-order chi connectivity index (χ0) is 17.8. The number of amides is 1. The molecule has 2 aromatic rings. The number of carbonyl (C=O) groups excluding carboxylic acids is 1. The number of nitrogens with zero attached hydrogens (tertiary/aromatic N) is 3. The highest BCUT2D eigenvalue weighted by atomic mass is 32.2. The van der Waals surface area contributed by atoms with Crippen molar-refractivity contribution < 1.29 is 9.21 Å². The molecule has 1 aromatic carbocycles. The zero-order valence-corrected chi connectivity index (χ0v) is 15.9. The van der Waals surface area contributed by atoms with Gasteiger partial charge in [-0.05, 0) is 45.7 Å². The van der Waals surface area contributed by atoms with Crippen LogP contribution < -0.4 is 0 Å². The molecule has 3 rings (SSSR count). The second kappa shape index (κ2) is 8.04. The maximum atomic E-state index is 12.6. The first-order chi connectivity index (χ1) is 12.0. The van der Waals surface area contributed by atoms with Gasteiger partial charge in [-0.3, -0.25) is 4.79 Å². The molecule has 0 saturated carbocycles. The summed E-state index contributed by atoms with van der Waals surface area (Å²) in [7, 11) is 0. The van der Waals surface area contributed by atoms with Crippen LogP contribution >= 0.6 is 11.8 Å². The third-order valence-corrected chi connectivity index (χ3v) is 5.34. The summed E-state index contributed by atoms with van der Waals surface area (Å²) < 4.78 is 5.78. The lowest BCUT2D eigenvalue weighted by molar-refractivity contribution is -0.130. The highest BCUT2D eigenvalue weighted by Crippen LogP contribution is 2.28. The van der Waals surface area contributed by atoms with Gasteiger partial charge in [-0.15, -0.1) is 10.2 Å². The largest absolute Gasteiger partial charge is 0.411 e. The van der Waals surface area contributed by atoms with Crippen molar-refractivity contribution in [1.29, 1.82) is 0 Å². The van der Waals surface area contributed by atoms with Crippen LogP contribution in [0.3, 0.4) is 0 Å². The Morgan fingerprint density at radius 3 is 2.36 bits per heavy atom. The van der Waals surface area contributed by atoms with Crippen molar-refractivity contribution in [3.8, 4) is 11.5 Å². The van der Waals surface area contributed by atoms with E-state index in [1.54, 1.807) is 0 Å². The molecule has 0 spiro atoms. The number of hydrogen-bond acceptors (Lipinski definition) is 5. The van der Waals surface area contributed by atoms with Gasteiger partial charge in [0.25, 0.3) is 5.22 Å². The van der Waals surface area contributed by atoms with E-state index in [2.05, 4.69) is 16.3 Å². The van der Waals surface area contributed by atoms with Gasteiger partial charge in [0.1, 0.15) is 0 Å². The molecule has 1 atom stereocenters. The topological polar surface area (TPSA) is 59.2 Å². The number of likely N-dealkylation sites (tertiary alicyclic amines) is 1. The van der Waals surface area contributed by atoms with Crippen LogP contribution in [0.5, 0.6) is 0 Å². The summed E-state index contributed by atoms with van der Waals surface area (Å²) in [5, 5.41) is 8.49. The van der Waals surface area contributed by atoms with Crippen molar-refractivity contribution in [1.82, 2.24) is 15.1 Å². The minimum absolute atomic E-state index is 0.165. The lowest BCUT2D eigenvalue weighted by Crippen LogP contribution is -2.37. The molecule has 0 N–H and O–H groups in total. The Hall–Kier alpha value is -1.82. The number of benzene rings is 1. The molecule has 134 valence electrons. The number of thioether (sulfide) groups is 1. The van der Waals surface area contributed by atoms with E-state index in [0.717, 1.165) is 42.6 Å². The van der Waals surface area contributed by atoms with Crippen LogP contribution in [0.15, 0.2) is 27.8 Å². The lowest BCUT2D eigenvalue weighted by Gasteiger charge is -2.23. The van der Waals surface area contributed by atoms with Crippen molar-refractivity contribution in [3.05, 3.63) is 29.3 Å². The van der Waals surface area contributed by atoms with Gasteiger partial charge < -0.3 is 9.32 Å². The summed E-state index contributed by atoms with van der Waals surface area (Å²) in [5.41, 5.74) is 3.24. The summed E-state index contributed by atoms with van der Waals surface area (Å²) in [6, 6.07) is 6.17. The van der Waals surface area contributed by atoms with E-state index in [-0.39, 0.29) is 11.2 Å². The Balaban J connectivity index is 1.67. The summed E-state index contributed by atoms with van der Waals surface area (Å²) >= 11 is 1.34. The Morgan fingerprint density at radius 2 is 1.72 bits per heavy atom. The third kappa shape index (κ3) is 4.63. The lowest BCUT2D eigenvalue weighted by atomic mass is 10.1. The molecule has 1 aliphatic heterocycles. The maximum Gasteiger partial charge on any atom is 0.277 e. The molecule has 1 unspecified atom stereocenters. The van der Waals surface area contributed by atoms with Crippen molar-refractivity contribution in [2.75, 3.05) is 13.1 Å². The molecule has 5 nitrogen and oxygen atoms in total. The average Bonchev–Trinajstić information content (AvgIpc) is 2.86. The first-order valence-corrected chi connectivity index (χ1v) is 9.78. The van der Waals surface area contributed by atoms with Gasteiger partial charge in [-0.25, -0.2) is 0 Å². The minimum Gasteiger partial charge on any atom is -0.411 e. The van der Waals surface area contributed by atoms with E-state index in [4.69, 9.17) is 4.42 Å². The number of aromatic nitrogens is 2. The average molecular weight is 359 g/mol. The van der Waals surface area contributed by atoms with Gasteiger partial charge >= 0.3 is 0 Å². The summed E-state index contributed by atoms with van der Waals surface area (Å²) in [5.74, 6) is 0.668. The number of rotatable bonds is 4. The fourth-order valence-electron chi connectivity index (χ4n) is 3.22. The summed E-state index contributed by atoms with van der Waals surface area (Å²) in [6.07, 6.45) is 4.63. The predicted octanol–water partition coefficient (Wildman–Crippen LogP) is 4.24. The smallest absolute Gasteiger partial charge is 0.277 e. The van der Waals surface area contributed by atoms with Crippen LogP contribution in [0, 0.1) is 13.8 Å². The molecular weight excluding hydrogens is 334 g/mol. The first kappa shape index (κ1) is 18.0. The second-order valence-electron chi connectivity index (χ2n) is 6.75. The van der Waals surface area contributed by atoms with Crippen LogP contribution in [-0.4, -0.2) is 39.3 Å². The van der Waals surface area contributed by atoms with E-state index in [1.165, 1.54) is 24.6 Å². The van der Waals surface area contributed by atoms with Gasteiger partial charge in [0.05, 0.1) is 5.25 Å². The third-order valence-electron chi connectivity index (χ3n) is 4.42. The van der Waals surface area contributed by atoms with Crippen LogP contribution in [0.25, 0.3) is 11.5 Å². The fourth-order valence-corrected chi connectivity index (χ4v) is 3.99. The monoisotopic (exact) mass is 359 g/mol. The van der Waals surface area contributed by atoms with Crippen molar-refractivity contribution in [2.24, 2.45) is 0 Å². The first-order valence-electron chi connectivity index (χ1n) is 8.90. The van der Waals surface area contributed by atoms with E-state index >= 15 is 0 Å². The van der Waals surface area contributed by atoms with Gasteiger partial charge in [0.15, 0.2) is 0 Å². The summed E-state index contributed by atoms with van der Waals surface area (Å²) in [6.45, 7) is 7.73. The van der Waals surface area contributed by atoms with Gasteiger partial charge in [-0.1, -0.05) is 41.8 Å². The Labute approximate surface area is 153 Å². The van der Waals surface area contributed by atoms with E-state index < -0.39 is 0 Å². The van der Waals surface area contributed by atoms with Crippen LogP contribution in [0.1, 0.15) is 43.7 Å². The van der Waals surface area contributed by atoms with E-state index in [9.17, 15) is 4.79 Å². The van der Waals surface area contributed by atoms with Gasteiger partial charge in [0.2, 0.25) is 11.8 Å². The predicted molar refractivity (Wildman–Crippen MR) is 99.6 cm³/mol. The molecule has 1 fully saturated rings. The zero-order valence-electron chi connectivity index (χ0n) is 15.1. The Morgan fingerprint density at radius 1 is 1.08 bits per heavy atom. The molecule has 1 saturated heterocycles. The van der Waals surface area contributed by atoms with Crippen molar-refractivity contribution in [3.63, 3.8) is 0 Å². The molecule has 25 heavy (non-hydrogen) atoms. The fraction of sp³-hybridized carbons (Fsp3) is 0.526. The molecule has 0 bridgehead atoms. The van der Waals surface area contributed by atoms with Gasteiger partial charge in [-0.2, -0.15) is 0 Å². The standard InChI is InChI=1S/C19H25N3O2S/c1-13-10-14(2)12-16(11-13)17-20-21-19(24-17)25-15(3)18(23)22-8-6-4-5-7-9-22/h10-12,15H,4-9H2,1-3H3. The second-order valence-corrected chi connectivity index (χ2v) is 8.04. The highest BCUT2D eigenvalue weighted by Gasteiger charge is 2.24. The SMILES string of the molecule is Cc1cc(C)cc(-c2nnc(SC(C)C(=O)N3CCCCCC3)o2)c1. The van der Waals surface area contributed by atoms with E-state index in [1.807, 2.05) is 37.8 Å². The molecule has 6 heteroatoms. The minimum atomic E-state index is -0.217. The molecule has 1 amide bonds. The molecule has 0 aliphatic carbocycles. The Bertz CT molecular complexity index is 716. The molecule has 1 aliphatic rings. The molecular formula is C19H25N3O2S.